The molecule has 116 valence electrons. The molecule has 1 N–H and O–H groups in total. The zero-order valence-electron chi connectivity index (χ0n) is 12.4. The fourth-order valence-electron chi connectivity index (χ4n) is 3.40. The van der Waals surface area contributed by atoms with Gasteiger partial charge in [-0.1, -0.05) is 18.2 Å². The standard InChI is InChI=1S/C16H24N2O2S/c19-21(20,13-14-6-5-10-17-12-14)18-11-4-3-8-15-7-1-2-9-16(15)18/h1-2,7,9,14,17H,3-6,8,10-13H2. The van der Waals surface area contributed by atoms with Crippen molar-refractivity contribution >= 4 is 15.7 Å². The third-order valence-corrected chi connectivity index (χ3v) is 6.44. The van der Waals surface area contributed by atoms with Gasteiger partial charge in [-0.25, -0.2) is 8.42 Å². The molecule has 5 heteroatoms. The van der Waals surface area contributed by atoms with Crippen LogP contribution in [0.2, 0.25) is 0 Å². The van der Waals surface area contributed by atoms with Crippen LogP contribution in [0.25, 0.3) is 0 Å². The molecule has 0 amide bonds. The maximum absolute atomic E-state index is 12.9. The van der Waals surface area contributed by atoms with Crippen LogP contribution in [0, 0.1) is 5.92 Å². The molecule has 1 aromatic rings. The van der Waals surface area contributed by atoms with Crippen molar-refractivity contribution in [2.24, 2.45) is 5.92 Å². The van der Waals surface area contributed by atoms with Crippen LogP contribution in [0.15, 0.2) is 24.3 Å². The summed E-state index contributed by atoms with van der Waals surface area (Å²) >= 11 is 0. The van der Waals surface area contributed by atoms with Gasteiger partial charge in [-0.05, 0) is 62.7 Å². The quantitative estimate of drug-likeness (QED) is 0.931. The first-order valence-corrected chi connectivity index (χ1v) is 9.57. The number of sulfonamides is 1. The highest BCUT2D eigenvalue weighted by Crippen LogP contribution is 2.29. The molecule has 3 rings (SSSR count). The van der Waals surface area contributed by atoms with Crippen LogP contribution in [0.3, 0.4) is 0 Å². The fraction of sp³-hybridized carbons (Fsp3) is 0.625. The van der Waals surface area contributed by atoms with Crippen LogP contribution >= 0.6 is 0 Å². The van der Waals surface area contributed by atoms with Gasteiger partial charge in [-0.3, -0.25) is 4.31 Å². The number of fused-ring (bicyclic) bond motifs is 1. The summed E-state index contributed by atoms with van der Waals surface area (Å²) in [6.45, 7) is 2.47. The van der Waals surface area contributed by atoms with Crippen molar-refractivity contribution in [3.05, 3.63) is 29.8 Å². The molecule has 0 spiro atoms. The second-order valence-electron chi connectivity index (χ2n) is 6.15. The molecule has 2 aliphatic heterocycles. The molecule has 0 aromatic heterocycles. The average Bonchev–Trinajstić information content (AvgIpc) is 2.70. The lowest BCUT2D eigenvalue weighted by Crippen LogP contribution is -2.40. The van der Waals surface area contributed by atoms with E-state index in [1.54, 1.807) is 4.31 Å². The summed E-state index contributed by atoms with van der Waals surface area (Å²) in [5, 5.41) is 3.31. The van der Waals surface area contributed by atoms with Gasteiger partial charge in [0.1, 0.15) is 0 Å². The molecule has 1 atom stereocenters. The van der Waals surface area contributed by atoms with Gasteiger partial charge in [0.05, 0.1) is 11.4 Å². The number of hydrogen-bond acceptors (Lipinski definition) is 3. The lowest BCUT2D eigenvalue weighted by molar-refractivity contribution is 0.403. The summed E-state index contributed by atoms with van der Waals surface area (Å²) in [5.41, 5.74) is 2.07. The largest absolute Gasteiger partial charge is 0.316 e. The monoisotopic (exact) mass is 308 g/mol. The van der Waals surface area contributed by atoms with Crippen molar-refractivity contribution < 1.29 is 8.42 Å². The second kappa shape index (κ2) is 6.36. The Balaban J connectivity index is 1.84. The average molecular weight is 308 g/mol. The molecule has 2 heterocycles. The van der Waals surface area contributed by atoms with Gasteiger partial charge in [-0.2, -0.15) is 0 Å². The van der Waals surface area contributed by atoms with Crippen molar-refractivity contribution in [3.63, 3.8) is 0 Å². The van der Waals surface area contributed by atoms with E-state index in [0.717, 1.165) is 50.9 Å². The molecule has 0 saturated carbocycles. The minimum atomic E-state index is -3.23. The number of anilines is 1. The van der Waals surface area contributed by atoms with Gasteiger partial charge in [0.25, 0.3) is 0 Å². The van der Waals surface area contributed by atoms with Crippen LogP contribution in [0.1, 0.15) is 31.2 Å². The summed E-state index contributed by atoms with van der Waals surface area (Å²) in [4.78, 5) is 0. The van der Waals surface area contributed by atoms with Crippen molar-refractivity contribution in [1.82, 2.24) is 5.32 Å². The van der Waals surface area contributed by atoms with E-state index in [2.05, 4.69) is 11.4 Å². The Hall–Kier alpha value is -1.07. The van der Waals surface area contributed by atoms with Crippen LogP contribution in [0.5, 0.6) is 0 Å². The Bertz CT molecular complexity index is 580. The highest BCUT2D eigenvalue weighted by atomic mass is 32.2. The van der Waals surface area contributed by atoms with Gasteiger partial charge >= 0.3 is 0 Å². The van der Waals surface area contributed by atoms with E-state index in [9.17, 15) is 8.42 Å². The van der Waals surface area contributed by atoms with Crippen molar-refractivity contribution in [3.8, 4) is 0 Å². The highest BCUT2D eigenvalue weighted by Gasteiger charge is 2.29. The van der Waals surface area contributed by atoms with Crippen molar-refractivity contribution in [2.75, 3.05) is 29.7 Å². The minimum absolute atomic E-state index is 0.249. The molecule has 2 aliphatic rings. The molecule has 0 bridgehead atoms. The third kappa shape index (κ3) is 3.40. The van der Waals surface area contributed by atoms with Crippen molar-refractivity contribution in [2.45, 2.75) is 32.1 Å². The number of rotatable bonds is 3. The number of piperidine rings is 1. The number of aryl methyl sites for hydroxylation is 1. The molecule has 4 nitrogen and oxygen atoms in total. The van der Waals surface area contributed by atoms with E-state index in [4.69, 9.17) is 0 Å². The Morgan fingerprint density at radius 1 is 1.19 bits per heavy atom. The van der Waals surface area contributed by atoms with Gasteiger partial charge in [0, 0.05) is 6.54 Å². The Morgan fingerprint density at radius 3 is 2.86 bits per heavy atom. The predicted molar refractivity (Wildman–Crippen MR) is 86.1 cm³/mol. The second-order valence-corrected chi connectivity index (χ2v) is 8.09. The predicted octanol–water partition coefficient (Wildman–Crippen LogP) is 2.16. The van der Waals surface area contributed by atoms with Crippen LogP contribution in [-0.2, 0) is 16.4 Å². The first kappa shape index (κ1) is 14.9. The maximum atomic E-state index is 12.9. The van der Waals surface area contributed by atoms with Crippen LogP contribution in [0.4, 0.5) is 5.69 Å². The molecule has 1 fully saturated rings. The Labute approximate surface area is 127 Å². The zero-order valence-corrected chi connectivity index (χ0v) is 13.2. The van der Waals surface area contributed by atoms with E-state index < -0.39 is 10.0 Å². The topological polar surface area (TPSA) is 49.4 Å². The van der Waals surface area contributed by atoms with E-state index in [1.807, 2.05) is 18.2 Å². The number of benzene rings is 1. The molecule has 1 saturated heterocycles. The SMILES string of the molecule is O=S(=O)(CC1CCCNC1)N1CCCCc2ccccc21. The minimum Gasteiger partial charge on any atom is -0.316 e. The van der Waals surface area contributed by atoms with Gasteiger partial charge in [0.2, 0.25) is 10.0 Å². The molecular weight excluding hydrogens is 284 g/mol. The maximum Gasteiger partial charge on any atom is 0.235 e. The smallest absolute Gasteiger partial charge is 0.235 e. The fourth-order valence-corrected chi connectivity index (χ4v) is 5.35. The summed E-state index contributed by atoms with van der Waals surface area (Å²) in [6, 6.07) is 7.96. The highest BCUT2D eigenvalue weighted by molar-refractivity contribution is 7.92. The number of para-hydroxylation sites is 1. The molecule has 0 aliphatic carbocycles. The summed E-state index contributed by atoms with van der Waals surface area (Å²) in [6.07, 6.45) is 5.08. The van der Waals surface area contributed by atoms with Gasteiger partial charge in [-0.15, -0.1) is 0 Å². The summed E-state index contributed by atoms with van der Waals surface area (Å²) in [7, 11) is -3.23. The normalized spacial score (nSPS) is 23.4. The summed E-state index contributed by atoms with van der Waals surface area (Å²) < 4.78 is 27.4. The molecule has 1 unspecified atom stereocenters. The number of hydrogen-bond donors (Lipinski definition) is 1. The molecule has 0 radical (unpaired) electrons. The van der Waals surface area contributed by atoms with Gasteiger partial charge < -0.3 is 5.32 Å². The first-order valence-electron chi connectivity index (χ1n) is 7.96. The Kier molecular flexibility index (Phi) is 4.50. The lowest BCUT2D eigenvalue weighted by Gasteiger charge is -2.28. The van der Waals surface area contributed by atoms with E-state index in [0.29, 0.717) is 6.54 Å². The first-order chi connectivity index (χ1) is 10.2. The van der Waals surface area contributed by atoms with Crippen molar-refractivity contribution in [1.29, 1.82) is 0 Å². The van der Waals surface area contributed by atoms with Gasteiger partial charge in [0.15, 0.2) is 0 Å². The van der Waals surface area contributed by atoms with Crippen LogP contribution in [-0.4, -0.2) is 33.8 Å². The number of nitrogens with one attached hydrogen (secondary N) is 1. The third-order valence-electron chi connectivity index (χ3n) is 4.50. The molecule has 21 heavy (non-hydrogen) atoms. The number of nitrogens with zero attached hydrogens (tertiary/aromatic N) is 1. The lowest BCUT2D eigenvalue weighted by atomic mass is 10.0. The summed E-state index contributed by atoms with van der Waals surface area (Å²) in [5.74, 6) is 0.521. The van der Waals surface area contributed by atoms with Crippen LogP contribution < -0.4 is 9.62 Å². The van der Waals surface area contributed by atoms with E-state index >= 15 is 0 Å². The zero-order chi connectivity index (χ0) is 14.7. The van der Waals surface area contributed by atoms with E-state index in [-0.39, 0.29) is 11.7 Å². The molecule has 1 aromatic carbocycles. The Morgan fingerprint density at radius 2 is 2.05 bits per heavy atom. The van der Waals surface area contributed by atoms with E-state index in [1.165, 1.54) is 5.56 Å². The molecular formula is C16H24N2O2S.